The van der Waals surface area contributed by atoms with Gasteiger partial charge in [-0.25, -0.2) is 4.79 Å². The molecule has 1 rings (SSSR count). The van der Waals surface area contributed by atoms with Gasteiger partial charge in [-0.05, 0) is 46.5 Å². The van der Waals surface area contributed by atoms with Gasteiger partial charge < -0.3 is 24.4 Å². The quantitative estimate of drug-likeness (QED) is 0.368. The highest BCUT2D eigenvalue weighted by molar-refractivity contribution is 5.77. The number of likely N-dealkylation sites (tertiary alicyclic amines) is 1. The number of carbonyl (C=O) groups excluding carboxylic acids is 4. The van der Waals surface area contributed by atoms with Crippen LogP contribution in [-0.4, -0.2) is 66.8 Å². The molecule has 9 nitrogen and oxygen atoms in total. The number of piperidine rings is 1. The highest BCUT2D eigenvalue weighted by Crippen LogP contribution is 2.25. The molecule has 1 fully saturated rings. The van der Waals surface area contributed by atoms with E-state index in [1.54, 1.807) is 25.7 Å². The van der Waals surface area contributed by atoms with Gasteiger partial charge in [0.15, 0.2) is 0 Å². The third kappa shape index (κ3) is 9.62. The normalized spacial score (nSPS) is 16.0. The van der Waals surface area contributed by atoms with Crippen molar-refractivity contribution in [2.75, 3.05) is 26.8 Å². The Balaban J connectivity index is 2.61. The average Bonchev–Trinajstić information content (AvgIpc) is 2.62. The molecule has 1 saturated heterocycles. The molecule has 0 spiro atoms. The zero-order chi connectivity index (χ0) is 22.1. The Labute approximate surface area is 172 Å². The second-order valence-electron chi connectivity index (χ2n) is 8.36. The molecule has 1 aliphatic rings. The standard InChI is InChI=1S/C20H34N2O7/c1-15(23)28-14-20(21-16(24)8-6-7-9-17(25)27-5)10-12-22(13-11-20)18(26)29-19(2,3)4/h6-14H2,1-5H3,(H,21,24). The van der Waals surface area contributed by atoms with Gasteiger partial charge in [0, 0.05) is 32.9 Å². The first-order valence-electron chi connectivity index (χ1n) is 9.95. The van der Waals surface area contributed by atoms with Gasteiger partial charge in [0.05, 0.1) is 12.6 Å². The van der Waals surface area contributed by atoms with Crippen molar-refractivity contribution in [2.45, 2.75) is 77.4 Å². The highest BCUT2D eigenvalue weighted by Gasteiger charge is 2.39. The Hall–Kier alpha value is -2.32. The lowest BCUT2D eigenvalue weighted by molar-refractivity contribution is -0.145. The molecule has 0 radical (unpaired) electrons. The van der Waals surface area contributed by atoms with Crippen LogP contribution in [0.3, 0.4) is 0 Å². The van der Waals surface area contributed by atoms with Crippen LogP contribution in [-0.2, 0) is 28.6 Å². The number of unbranched alkanes of at least 4 members (excludes halogenated alkanes) is 1. The van der Waals surface area contributed by atoms with E-state index in [-0.39, 0.29) is 31.3 Å². The number of methoxy groups -OCH3 is 1. The Morgan fingerprint density at radius 3 is 2.14 bits per heavy atom. The van der Waals surface area contributed by atoms with Crippen molar-refractivity contribution >= 4 is 23.9 Å². The summed E-state index contributed by atoms with van der Waals surface area (Å²) >= 11 is 0. The molecule has 0 aromatic rings. The maximum atomic E-state index is 12.4. The summed E-state index contributed by atoms with van der Waals surface area (Å²) in [6, 6.07) is 0. The summed E-state index contributed by atoms with van der Waals surface area (Å²) in [5, 5.41) is 2.99. The van der Waals surface area contributed by atoms with E-state index >= 15 is 0 Å². The number of carbonyl (C=O) groups is 4. The lowest BCUT2D eigenvalue weighted by atomic mass is 9.88. The minimum absolute atomic E-state index is 0.0540. The zero-order valence-corrected chi connectivity index (χ0v) is 18.2. The van der Waals surface area contributed by atoms with Crippen LogP contribution in [0.2, 0.25) is 0 Å². The van der Waals surface area contributed by atoms with Crippen LogP contribution < -0.4 is 5.32 Å². The molecule has 0 unspecified atom stereocenters. The van der Waals surface area contributed by atoms with Gasteiger partial charge in [0.25, 0.3) is 0 Å². The van der Waals surface area contributed by atoms with E-state index < -0.39 is 23.2 Å². The molecule has 0 aromatic carbocycles. The number of amides is 2. The Morgan fingerprint density at radius 2 is 1.62 bits per heavy atom. The first kappa shape index (κ1) is 24.7. The molecule has 1 aliphatic heterocycles. The zero-order valence-electron chi connectivity index (χ0n) is 18.2. The summed E-state index contributed by atoms with van der Waals surface area (Å²) in [6.45, 7) is 7.56. The number of ether oxygens (including phenoxy) is 3. The van der Waals surface area contributed by atoms with E-state index in [0.717, 1.165) is 0 Å². The number of hydrogen-bond donors (Lipinski definition) is 1. The van der Waals surface area contributed by atoms with Crippen molar-refractivity contribution in [3.05, 3.63) is 0 Å². The molecule has 1 heterocycles. The van der Waals surface area contributed by atoms with Crippen LogP contribution in [0.5, 0.6) is 0 Å². The average molecular weight is 414 g/mol. The Kier molecular flexibility index (Phi) is 9.39. The summed E-state index contributed by atoms with van der Waals surface area (Å²) < 4.78 is 15.2. The number of hydrogen-bond acceptors (Lipinski definition) is 7. The van der Waals surface area contributed by atoms with E-state index in [4.69, 9.17) is 9.47 Å². The fraction of sp³-hybridized carbons (Fsp3) is 0.800. The molecule has 29 heavy (non-hydrogen) atoms. The van der Waals surface area contributed by atoms with Crippen LogP contribution in [0.25, 0.3) is 0 Å². The molecular weight excluding hydrogens is 380 g/mol. The van der Waals surface area contributed by atoms with Gasteiger partial charge in [-0.1, -0.05) is 0 Å². The van der Waals surface area contributed by atoms with Gasteiger partial charge >= 0.3 is 18.0 Å². The van der Waals surface area contributed by atoms with Crippen molar-refractivity contribution < 1.29 is 33.4 Å². The lowest BCUT2D eigenvalue weighted by Crippen LogP contribution is -2.59. The molecule has 166 valence electrons. The second kappa shape index (κ2) is 11.0. The molecule has 0 atom stereocenters. The van der Waals surface area contributed by atoms with Crippen LogP contribution in [0, 0.1) is 0 Å². The Morgan fingerprint density at radius 1 is 1.03 bits per heavy atom. The molecule has 0 bridgehead atoms. The number of nitrogens with one attached hydrogen (secondary N) is 1. The summed E-state index contributed by atoms with van der Waals surface area (Å²) in [7, 11) is 1.33. The van der Waals surface area contributed by atoms with Crippen molar-refractivity contribution in [1.82, 2.24) is 10.2 Å². The minimum atomic E-state index is -0.719. The maximum Gasteiger partial charge on any atom is 0.410 e. The first-order chi connectivity index (χ1) is 13.5. The third-order valence-electron chi connectivity index (χ3n) is 4.59. The van der Waals surface area contributed by atoms with E-state index in [1.807, 2.05) is 0 Å². The van der Waals surface area contributed by atoms with Gasteiger partial charge in [0.1, 0.15) is 12.2 Å². The van der Waals surface area contributed by atoms with Crippen molar-refractivity contribution in [2.24, 2.45) is 0 Å². The summed E-state index contributed by atoms with van der Waals surface area (Å²) in [6.07, 6.45) is 2.15. The number of esters is 2. The molecular formula is C20H34N2O7. The fourth-order valence-electron chi connectivity index (χ4n) is 3.00. The fourth-order valence-corrected chi connectivity index (χ4v) is 3.00. The van der Waals surface area contributed by atoms with E-state index in [2.05, 4.69) is 10.1 Å². The lowest BCUT2D eigenvalue weighted by Gasteiger charge is -2.42. The second-order valence-corrected chi connectivity index (χ2v) is 8.36. The van der Waals surface area contributed by atoms with Gasteiger partial charge in [-0.3, -0.25) is 14.4 Å². The van der Waals surface area contributed by atoms with Gasteiger partial charge in [-0.2, -0.15) is 0 Å². The van der Waals surface area contributed by atoms with Gasteiger partial charge in [0.2, 0.25) is 5.91 Å². The van der Waals surface area contributed by atoms with Crippen LogP contribution in [0.4, 0.5) is 4.79 Å². The van der Waals surface area contributed by atoms with E-state index in [0.29, 0.717) is 38.8 Å². The monoisotopic (exact) mass is 414 g/mol. The predicted octanol–water partition coefficient (Wildman–Crippen LogP) is 2.17. The van der Waals surface area contributed by atoms with Crippen molar-refractivity contribution in [3.63, 3.8) is 0 Å². The number of rotatable bonds is 8. The predicted molar refractivity (Wildman–Crippen MR) is 105 cm³/mol. The molecule has 0 saturated carbocycles. The van der Waals surface area contributed by atoms with Gasteiger partial charge in [-0.15, -0.1) is 0 Å². The summed E-state index contributed by atoms with van der Waals surface area (Å²) in [4.78, 5) is 48.7. The van der Waals surface area contributed by atoms with Crippen molar-refractivity contribution in [3.8, 4) is 0 Å². The molecule has 0 aromatic heterocycles. The Bertz CT molecular complexity index is 590. The molecule has 9 heteroatoms. The molecule has 2 amide bonds. The van der Waals surface area contributed by atoms with Crippen LogP contribution in [0.15, 0.2) is 0 Å². The third-order valence-corrected chi connectivity index (χ3v) is 4.59. The molecule has 0 aliphatic carbocycles. The van der Waals surface area contributed by atoms with Crippen molar-refractivity contribution in [1.29, 1.82) is 0 Å². The minimum Gasteiger partial charge on any atom is -0.469 e. The molecule has 1 N–H and O–H groups in total. The first-order valence-corrected chi connectivity index (χ1v) is 9.95. The highest BCUT2D eigenvalue weighted by atomic mass is 16.6. The topological polar surface area (TPSA) is 111 Å². The van der Waals surface area contributed by atoms with E-state index in [1.165, 1.54) is 14.0 Å². The maximum absolute atomic E-state index is 12.4. The summed E-state index contributed by atoms with van der Waals surface area (Å²) in [5.74, 6) is -0.898. The largest absolute Gasteiger partial charge is 0.469 e. The SMILES string of the molecule is COC(=O)CCCCC(=O)NC1(COC(C)=O)CCN(C(=O)OC(C)(C)C)CC1. The van der Waals surface area contributed by atoms with Crippen LogP contribution >= 0.6 is 0 Å². The smallest absolute Gasteiger partial charge is 0.410 e. The summed E-state index contributed by atoms with van der Waals surface area (Å²) in [5.41, 5.74) is -1.30. The number of nitrogens with zero attached hydrogens (tertiary/aromatic N) is 1. The van der Waals surface area contributed by atoms with E-state index in [9.17, 15) is 19.2 Å². The van der Waals surface area contributed by atoms with Crippen LogP contribution in [0.1, 0.15) is 66.2 Å².